The number of carbonyl (C=O) groups is 1. The van der Waals surface area contributed by atoms with Crippen LogP contribution in [0, 0.1) is 0 Å². The molecular formula is C16H18N6O2. The van der Waals surface area contributed by atoms with Gasteiger partial charge in [-0.3, -0.25) is 9.48 Å². The van der Waals surface area contributed by atoms with Crippen molar-refractivity contribution >= 4 is 5.91 Å². The summed E-state index contributed by atoms with van der Waals surface area (Å²) >= 11 is 0. The highest BCUT2D eigenvalue weighted by atomic mass is 16.3. The van der Waals surface area contributed by atoms with Gasteiger partial charge in [-0.2, -0.15) is 5.10 Å². The molecule has 0 saturated heterocycles. The largest absolute Gasteiger partial charge is 0.472 e. The van der Waals surface area contributed by atoms with Crippen LogP contribution in [-0.2, 0) is 26.6 Å². The molecule has 3 aromatic rings. The number of hydrogen-bond acceptors (Lipinski definition) is 5. The van der Waals surface area contributed by atoms with Crippen molar-refractivity contribution in [3.8, 4) is 11.5 Å². The maximum Gasteiger partial charge on any atom is 0.257 e. The van der Waals surface area contributed by atoms with Crippen molar-refractivity contribution in [2.45, 2.75) is 26.4 Å². The zero-order valence-corrected chi connectivity index (χ0v) is 13.6. The highest BCUT2D eigenvalue weighted by Crippen LogP contribution is 2.29. The molecule has 24 heavy (non-hydrogen) atoms. The summed E-state index contributed by atoms with van der Waals surface area (Å²) in [6.45, 7) is 3.98. The molecule has 4 rings (SSSR count). The van der Waals surface area contributed by atoms with Crippen molar-refractivity contribution in [3.63, 3.8) is 0 Å². The molecule has 0 spiro atoms. The number of aromatic nitrogens is 5. The van der Waals surface area contributed by atoms with E-state index in [0.717, 1.165) is 35.7 Å². The average Bonchev–Trinajstić information content (AvgIpc) is 3.33. The maximum atomic E-state index is 12.6. The first-order valence-electron chi connectivity index (χ1n) is 7.93. The summed E-state index contributed by atoms with van der Waals surface area (Å²) in [5.41, 5.74) is 3.56. The second kappa shape index (κ2) is 5.63. The Morgan fingerprint density at radius 1 is 1.42 bits per heavy atom. The average molecular weight is 326 g/mol. The molecule has 124 valence electrons. The minimum absolute atomic E-state index is 0.0267. The lowest BCUT2D eigenvalue weighted by Crippen LogP contribution is -2.36. The lowest BCUT2D eigenvalue weighted by molar-refractivity contribution is 0.0733. The molecule has 0 fully saturated rings. The Morgan fingerprint density at radius 3 is 3.04 bits per heavy atom. The summed E-state index contributed by atoms with van der Waals surface area (Å²) in [7, 11) is 1.93. The summed E-state index contributed by atoms with van der Waals surface area (Å²) < 4.78 is 8.87. The number of fused-ring (bicyclic) bond motifs is 1. The second-order valence-corrected chi connectivity index (χ2v) is 5.83. The molecule has 8 nitrogen and oxygen atoms in total. The van der Waals surface area contributed by atoms with Crippen LogP contribution in [0.25, 0.3) is 11.5 Å². The Morgan fingerprint density at radius 2 is 2.29 bits per heavy atom. The molecule has 8 heteroatoms. The summed E-state index contributed by atoms with van der Waals surface area (Å²) in [5.74, 6) is 0.716. The fraction of sp³-hybridized carbons (Fsp3) is 0.375. The monoisotopic (exact) mass is 326 g/mol. The Kier molecular flexibility index (Phi) is 3.44. The van der Waals surface area contributed by atoms with E-state index in [2.05, 4.69) is 15.3 Å². The van der Waals surface area contributed by atoms with Crippen LogP contribution in [-0.4, -0.2) is 41.9 Å². The van der Waals surface area contributed by atoms with Crippen molar-refractivity contribution in [2.24, 2.45) is 7.05 Å². The van der Waals surface area contributed by atoms with Crippen molar-refractivity contribution in [3.05, 3.63) is 41.7 Å². The molecule has 0 radical (unpaired) electrons. The number of carbonyl (C=O) groups excluding carboxylic acids is 1. The molecule has 0 atom stereocenters. The van der Waals surface area contributed by atoms with Crippen molar-refractivity contribution in [1.29, 1.82) is 0 Å². The summed E-state index contributed by atoms with van der Waals surface area (Å²) in [6, 6.07) is 1.69. The van der Waals surface area contributed by atoms with Crippen LogP contribution < -0.4 is 0 Å². The van der Waals surface area contributed by atoms with Gasteiger partial charge >= 0.3 is 0 Å². The van der Waals surface area contributed by atoms with E-state index >= 15 is 0 Å². The zero-order chi connectivity index (χ0) is 16.7. The summed E-state index contributed by atoms with van der Waals surface area (Å²) in [5, 5.41) is 12.8. The number of aryl methyl sites for hydroxylation is 2. The normalized spacial score (nSPS) is 14.0. The molecular weight excluding hydrogens is 308 g/mol. The van der Waals surface area contributed by atoms with E-state index in [1.807, 2.05) is 28.1 Å². The maximum absolute atomic E-state index is 12.6. The van der Waals surface area contributed by atoms with Gasteiger partial charge in [0.25, 0.3) is 5.91 Å². The molecule has 1 aliphatic rings. The van der Waals surface area contributed by atoms with Crippen molar-refractivity contribution in [2.75, 3.05) is 6.54 Å². The molecule has 4 heterocycles. The highest BCUT2D eigenvalue weighted by Gasteiger charge is 2.29. The van der Waals surface area contributed by atoms with E-state index in [0.29, 0.717) is 18.7 Å². The van der Waals surface area contributed by atoms with Gasteiger partial charge in [0.1, 0.15) is 18.3 Å². The molecule has 0 N–H and O–H groups in total. The SMILES string of the molecule is CCn1cnnc1-c1nn(C)c2c1CN(C(=O)c1ccoc1)CC2. The van der Waals surface area contributed by atoms with Crippen molar-refractivity contribution in [1.82, 2.24) is 29.4 Å². The number of nitrogens with zero attached hydrogens (tertiary/aromatic N) is 6. The smallest absolute Gasteiger partial charge is 0.257 e. The molecule has 0 saturated carbocycles. The van der Waals surface area contributed by atoms with Crippen LogP contribution in [0.1, 0.15) is 28.5 Å². The van der Waals surface area contributed by atoms with Crippen molar-refractivity contribution < 1.29 is 9.21 Å². The van der Waals surface area contributed by atoms with Gasteiger partial charge in [0.2, 0.25) is 0 Å². The number of rotatable bonds is 3. The number of hydrogen-bond donors (Lipinski definition) is 0. The minimum Gasteiger partial charge on any atom is -0.472 e. The van der Waals surface area contributed by atoms with Crippen LogP contribution in [0.15, 0.2) is 29.3 Å². The number of amides is 1. The van der Waals surface area contributed by atoms with Gasteiger partial charge in [-0.1, -0.05) is 0 Å². The van der Waals surface area contributed by atoms with Crippen LogP contribution in [0.2, 0.25) is 0 Å². The van der Waals surface area contributed by atoms with Gasteiger partial charge in [0.15, 0.2) is 5.82 Å². The minimum atomic E-state index is -0.0267. The van der Waals surface area contributed by atoms with Gasteiger partial charge in [0, 0.05) is 37.8 Å². The molecule has 0 aliphatic carbocycles. The van der Waals surface area contributed by atoms with Crippen LogP contribution >= 0.6 is 0 Å². The lowest BCUT2D eigenvalue weighted by atomic mass is 10.0. The third kappa shape index (κ3) is 2.22. The third-order valence-corrected chi connectivity index (χ3v) is 4.47. The predicted octanol–water partition coefficient (Wildman–Crippen LogP) is 1.49. The molecule has 0 aromatic carbocycles. The Labute approximate surface area is 138 Å². The second-order valence-electron chi connectivity index (χ2n) is 5.83. The lowest BCUT2D eigenvalue weighted by Gasteiger charge is -2.27. The predicted molar refractivity (Wildman–Crippen MR) is 85.1 cm³/mol. The van der Waals surface area contributed by atoms with Gasteiger partial charge in [-0.25, -0.2) is 0 Å². The molecule has 1 aliphatic heterocycles. The standard InChI is InChI=1S/C16H18N6O2/c1-3-21-10-17-18-15(21)14-12-8-22(6-4-13(12)20(2)19-14)16(23)11-5-7-24-9-11/h5,7,9-10H,3-4,6,8H2,1-2H3. The molecule has 3 aromatic heterocycles. The third-order valence-electron chi connectivity index (χ3n) is 4.47. The first kappa shape index (κ1) is 14.7. The Hall–Kier alpha value is -2.90. The van der Waals surface area contributed by atoms with E-state index in [4.69, 9.17) is 4.42 Å². The van der Waals surface area contributed by atoms with E-state index in [1.165, 1.54) is 12.5 Å². The molecule has 0 bridgehead atoms. The highest BCUT2D eigenvalue weighted by molar-refractivity contribution is 5.94. The fourth-order valence-electron chi connectivity index (χ4n) is 3.18. The van der Waals surface area contributed by atoms with Crippen LogP contribution in [0.3, 0.4) is 0 Å². The Balaban J connectivity index is 1.71. The van der Waals surface area contributed by atoms with E-state index in [-0.39, 0.29) is 5.91 Å². The summed E-state index contributed by atoms with van der Waals surface area (Å²) in [6.07, 6.45) is 5.47. The first-order chi connectivity index (χ1) is 11.7. The zero-order valence-electron chi connectivity index (χ0n) is 13.6. The number of furan rings is 1. The Bertz CT molecular complexity index is 877. The van der Waals surface area contributed by atoms with E-state index in [9.17, 15) is 4.79 Å². The van der Waals surface area contributed by atoms with Crippen LogP contribution in [0.5, 0.6) is 0 Å². The first-order valence-corrected chi connectivity index (χ1v) is 7.93. The fourth-order valence-corrected chi connectivity index (χ4v) is 3.18. The van der Waals surface area contributed by atoms with E-state index in [1.54, 1.807) is 12.4 Å². The summed E-state index contributed by atoms with van der Waals surface area (Å²) in [4.78, 5) is 14.4. The van der Waals surface area contributed by atoms with Crippen LogP contribution in [0.4, 0.5) is 0 Å². The molecule has 1 amide bonds. The van der Waals surface area contributed by atoms with Gasteiger partial charge in [-0.15, -0.1) is 10.2 Å². The van der Waals surface area contributed by atoms with Gasteiger partial charge in [0.05, 0.1) is 18.4 Å². The van der Waals surface area contributed by atoms with E-state index < -0.39 is 0 Å². The molecule has 0 unspecified atom stereocenters. The topological polar surface area (TPSA) is 82.0 Å². The van der Waals surface area contributed by atoms with Gasteiger partial charge < -0.3 is 13.9 Å². The van der Waals surface area contributed by atoms with Gasteiger partial charge in [-0.05, 0) is 13.0 Å². The quantitative estimate of drug-likeness (QED) is 0.728.